The topological polar surface area (TPSA) is 60.7 Å². The van der Waals surface area contributed by atoms with Gasteiger partial charge in [0, 0.05) is 29.7 Å². The molecule has 0 radical (unpaired) electrons. The summed E-state index contributed by atoms with van der Waals surface area (Å²) in [6.07, 6.45) is 0.558. The van der Waals surface area contributed by atoms with Gasteiger partial charge in [-0.3, -0.25) is 0 Å². The van der Waals surface area contributed by atoms with Gasteiger partial charge in [0.15, 0.2) is 6.10 Å². The van der Waals surface area contributed by atoms with E-state index >= 15 is 0 Å². The molecular weight excluding hydrogens is 234 g/mol. The minimum atomic E-state index is -1.34. The molecule has 1 aromatic carbocycles. The van der Waals surface area contributed by atoms with E-state index in [1.807, 2.05) is 23.9 Å². The van der Waals surface area contributed by atoms with Crippen molar-refractivity contribution < 1.29 is 19.4 Å². The average molecular weight is 249 g/mol. The van der Waals surface area contributed by atoms with Gasteiger partial charge >= 0.3 is 5.97 Å². The Kier molecular flexibility index (Phi) is 3.25. The van der Waals surface area contributed by atoms with Gasteiger partial charge in [-0.25, -0.2) is 4.79 Å². The Bertz CT molecular complexity index is 588. The highest BCUT2D eigenvalue weighted by atomic mass is 16.5. The van der Waals surface area contributed by atoms with Gasteiger partial charge in [-0.15, -0.1) is 0 Å². The maximum Gasteiger partial charge on any atom is 0.339 e. The number of hydrogen-bond donors (Lipinski definition) is 1. The fourth-order valence-electron chi connectivity index (χ4n) is 1.94. The fourth-order valence-corrected chi connectivity index (χ4v) is 1.94. The zero-order valence-corrected chi connectivity index (χ0v) is 10.5. The highest BCUT2D eigenvalue weighted by Gasteiger charge is 2.23. The van der Waals surface area contributed by atoms with Gasteiger partial charge in [-0.2, -0.15) is 0 Å². The van der Waals surface area contributed by atoms with E-state index in [4.69, 9.17) is 4.74 Å². The molecule has 5 nitrogen and oxygen atoms in total. The number of benzene rings is 1. The highest BCUT2D eigenvalue weighted by Crippen LogP contribution is 2.31. The van der Waals surface area contributed by atoms with E-state index < -0.39 is 12.1 Å². The third kappa shape index (κ3) is 1.93. The number of nitrogens with zero attached hydrogens (tertiary/aromatic N) is 1. The van der Waals surface area contributed by atoms with Crippen molar-refractivity contribution >= 4 is 16.9 Å². The quantitative estimate of drug-likeness (QED) is 0.835. The lowest BCUT2D eigenvalue weighted by Crippen LogP contribution is -2.14. The summed E-state index contributed by atoms with van der Waals surface area (Å²) in [5.74, 6) is -0.242. The first-order chi connectivity index (χ1) is 8.58. The monoisotopic (exact) mass is 249 g/mol. The molecule has 0 bridgehead atoms. The van der Waals surface area contributed by atoms with Gasteiger partial charge in [0.1, 0.15) is 5.75 Å². The lowest BCUT2D eigenvalue weighted by Gasteiger charge is -2.13. The van der Waals surface area contributed by atoms with Crippen LogP contribution in [0.3, 0.4) is 0 Å². The molecule has 0 amide bonds. The van der Waals surface area contributed by atoms with E-state index in [9.17, 15) is 9.90 Å². The predicted molar refractivity (Wildman–Crippen MR) is 66.4 cm³/mol. The van der Waals surface area contributed by atoms with E-state index in [-0.39, 0.29) is 0 Å². The number of aromatic nitrogens is 1. The smallest absolute Gasteiger partial charge is 0.339 e. The first-order valence-corrected chi connectivity index (χ1v) is 5.47. The van der Waals surface area contributed by atoms with Crippen molar-refractivity contribution in [3.63, 3.8) is 0 Å². The number of fused-ring (bicyclic) bond motifs is 1. The van der Waals surface area contributed by atoms with Crippen molar-refractivity contribution in [2.75, 3.05) is 14.2 Å². The van der Waals surface area contributed by atoms with Gasteiger partial charge < -0.3 is 19.1 Å². The number of carbonyl (C=O) groups excluding carboxylic acids is 1. The average Bonchev–Trinajstić information content (AvgIpc) is 2.76. The second kappa shape index (κ2) is 4.70. The lowest BCUT2D eigenvalue weighted by molar-refractivity contribution is -0.150. The molecule has 0 saturated carbocycles. The molecular formula is C13H15NO4. The number of aliphatic hydroxyl groups excluding tert-OH is 1. The Labute approximate surface area is 105 Å². The van der Waals surface area contributed by atoms with E-state index in [2.05, 4.69) is 4.74 Å². The number of methoxy groups -OCH3 is 2. The van der Waals surface area contributed by atoms with Gasteiger partial charge in [-0.1, -0.05) is 0 Å². The van der Waals surface area contributed by atoms with Crippen LogP contribution in [0.15, 0.2) is 24.4 Å². The van der Waals surface area contributed by atoms with Crippen molar-refractivity contribution in [2.24, 2.45) is 7.05 Å². The molecule has 2 rings (SSSR count). The van der Waals surface area contributed by atoms with E-state index in [0.29, 0.717) is 11.3 Å². The zero-order valence-electron chi connectivity index (χ0n) is 10.5. The van der Waals surface area contributed by atoms with Crippen molar-refractivity contribution in [1.82, 2.24) is 4.57 Å². The number of hydrogen-bond acceptors (Lipinski definition) is 4. The van der Waals surface area contributed by atoms with Crippen LogP contribution in [0, 0.1) is 0 Å². The van der Waals surface area contributed by atoms with E-state index in [0.717, 1.165) is 10.9 Å². The van der Waals surface area contributed by atoms with Crippen LogP contribution in [-0.2, 0) is 16.6 Å². The van der Waals surface area contributed by atoms with Crippen LogP contribution in [0.2, 0.25) is 0 Å². The minimum absolute atomic E-state index is 0.402. The number of aliphatic hydroxyl groups is 1. The third-order valence-corrected chi connectivity index (χ3v) is 2.96. The summed E-state index contributed by atoms with van der Waals surface area (Å²) >= 11 is 0. The molecule has 5 heteroatoms. The van der Waals surface area contributed by atoms with Gasteiger partial charge in [-0.05, 0) is 18.2 Å². The van der Waals surface area contributed by atoms with Crippen LogP contribution in [0.1, 0.15) is 11.7 Å². The summed E-state index contributed by atoms with van der Waals surface area (Å²) in [5, 5.41) is 10.9. The van der Waals surface area contributed by atoms with Crippen LogP contribution in [0.4, 0.5) is 0 Å². The number of ether oxygens (including phenoxy) is 2. The van der Waals surface area contributed by atoms with Crippen molar-refractivity contribution in [2.45, 2.75) is 6.10 Å². The van der Waals surface area contributed by atoms with Crippen molar-refractivity contribution in [3.8, 4) is 5.75 Å². The summed E-state index contributed by atoms with van der Waals surface area (Å²) < 4.78 is 11.6. The largest absolute Gasteiger partial charge is 0.496 e. The summed E-state index contributed by atoms with van der Waals surface area (Å²) in [4.78, 5) is 11.4. The Morgan fingerprint density at radius 1 is 1.39 bits per heavy atom. The molecule has 0 fully saturated rings. The van der Waals surface area contributed by atoms with Gasteiger partial charge in [0.05, 0.1) is 14.2 Å². The maximum absolute atomic E-state index is 11.4. The van der Waals surface area contributed by atoms with Crippen LogP contribution in [-0.4, -0.2) is 29.9 Å². The SMILES string of the molecule is COC(=O)C(O)c1cc2c(ccn2C)cc1OC. The minimum Gasteiger partial charge on any atom is -0.496 e. The Hall–Kier alpha value is -2.01. The number of carbonyl (C=O) groups is 1. The van der Waals surface area contributed by atoms with Crippen molar-refractivity contribution in [3.05, 3.63) is 30.0 Å². The van der Waals surface area contributed by atoms with Gasteiger partial charge in [0.2, 0.25) is 0 Å². The van der Waals surface area contributed by atoms with Crippen LogP contribution in [0.5, 0.6) is 5.75 Å². The molecule has 0 aliphatic rings. The molecule has 1 N–H and O–H groups in total. The molecule has 18 heavy (non-hydrogen) atoms. The zero-order chi connectivity index (χ0) is 13.3. The molecule has 0 aliphatic heterocycles. The summed E-state index contributed by atoms with van der Waals surface area (Å²) in [7, 11) is 4.62. The first kappa shape index (κ1) is 12.4. The Balaban J connectivity index is 2.60. The predicted octanol–water partition coefficient (Wildman–Crippen LogP) is 1.39. The van der Waals surface area contributed by atoms with Crippen LogP contribution >= 0.6 is 0 Å². The van der Waals surface area contributed by atoms with Crippen LogP contribution in [0.25, 0.3) is 10.9 Å². The fraction of sp³-hybridized carbons (Fsp3) is 0.308. The molecule has 0 spiro atoms. The standard InChI is InChI=1S/C13H15NO4/c1-14-5-4-8-6-11(17-2)9(7-10(8)14)12(15)13(16)18-3/h4-7,12,15H,1-3H3. The van der Waals surface area contributed by atoms with Crippen molar-refractivity contribution in [1.29, 1.82) is 0 Å². The van der Waals surface area contributed by atoms with Crippen LogP contribution < -0.4 is 4.74 Å². The molecule has 1 aromatic heterocycles. The maximum atomic E-state index is 11.4. The Morgan fingerprint density at radius 2 is 2.11 bits per heavy atom. The molecule has 1 atom stereocenters. The number of rotatable bonds is 3. The van der Waals surface area contributed by atoms with E-state index in [1.165, 1.54) is 14.2 Å². The molecule has 0 aliphatic carbocycles. The first-order valence-electron chi connectivity index (χ1n) is 5.47. The third-order valence-electron chi connectivity index (χ3n) is 2.96. The summed E-state index contributed by atoms with van der Waals surface area (Å²) in [6.45, 7) is 0. The second-order valence-corrected chi connectivity index (χ2v) is 4.01. The van der Waals surface area contributed by atoms with Gasteiger partial charge in [0.25, 0.3) is 0 Å². The molecule has 1 heterocycles. The summed E-state index contributed by atoms with van der Waals surface area (Å²) in [6, 6.07) is 5.46. The number of aryl methyl sites for hydroxylation is 1. The highest BCUT2D eigenvalue weighted by molar-refractivity contribution is 5.86. The Morgan fingerprint density at radius 3 is 2.72 bits per heavy atom. The normalized spacial score (nSPS) is 12.4. The van der Waals surface area contributed by atoms with E-state index in [1.54, 1.807) is 12.1 Å². The molecule has 96 valence electrons. The second-order valence-electron chi connectivity index (χ2n) is 4.01. The molecule has 2 aromatic rings. The molecule has 0 saturated heterocycles. The lowest BCUT2D eigenvalue weighted by atomic mass is 10.1. The number of esters is 1. The molecule has 1 unspecified atom stereocenters. The summed E-state index contributed by atoms with van der Waals surface area (Å²) in [5.41, 5.74) is 1.31.